The predicted octanol–water partition coefficient (Wildman–Crippen LogP) is 2.07. The third-order valence-corrected chi connectivity index (χ3v) is 4.42. The molecule has 0 radical (unpaired) electrons. The molecular formula is C17H21FN4O2. The van der Waals surface area contributed by atoms with Crippen LogP contribution < -0.4 is 5.73 Å². The Morgan fingerprint density at radius 1 is 1.50 bits per heavy atom. The molecule has 1 amide bonds. The Balaban J connectivity index is 1.62. The Bertz CT molecular complexity index is 731. The zero-order valence-corrected chi connectivity index (χ0v) is 13.7. The van der Waals surface area contributed by atoms with E-state index < -0.39 is 0 Å². The van der Waals surface area contributed by atoms with Gasteiger partial charge < -0.3 is 15.2 Å². The average molecular weight is 332 g/mol. The van der Waals surface area contributed by atoms with Crippen LogP contribution in [0.1, 0.15) is 30.7 Å². The second-order valence-electron chi connectivity index (χ2n) is 6.09. The summed E-state index contributed by atoms with van der Waals surface area (Å²) in [6, 6.07) is 4.94. The molecule has 2 heterocycles. The van der Waals surface area contributed by atoms with E-state index in [0.29, 0.717) is 42.2 Å². The smallest absolute Gasteiger partial charge is 0.227 e. The van der Waals surface area contributed by atoms with Crippen molar-refractivity contribution in [3.63, 3.8) is 0 Å². The number of nitrogens with zero attached hydrogens (tertiary/aromatic N) is 3. The summed E-state index contributed by atoms with van der Waals surface area (Å²) >= 11 is 0. The van der Waals surface area contributed by atoms with Gasteiger partial charge in [0.25, 0.3) is 0 Å². The highest BCUT2D eigenvalue weighted by atomic mass is 19.1. The highest BCUT2D eigenvalue weighted by Gasteiger charge is 2.27. The lowest BCUT2D eigenvalue weighted by atomic mass is 10.1. The Labute approximate surface area is 139 Å². The summed E-state index contributed by atoms with van der Waals surface area (Å²) in [7, 11) is 0. The van der Waals surface area contributed by atoms with E-state index in [1.807, 2.05) is 4.90 Å². The summed E-state index contributed by atoms with van der Waals surface area (Å²) in [5, 5.41) is 3.87. The SMILES string of the molecule is Cc1ccc(-c2noc(CCC(=O)N3CCCC3CN)n2)cc1F. The minimum atomic E-state index is -0.309. The van der Waals surface area contributed by atoms with E-state index in [2.05, 4.69) is 10.1 Å². The fourth-order valence-corrected chi connectivity index (χ4v) is 2.97. The van der Waals surface area contributed by atoms with Gasteiger partial charge in [-0.2, -0.15) is 4.98 Å². The topological polar surface area (TPSA) is 85.2 Å². The minimum Gasteiger partial charge on any atom is -0.339 e. The summed E-state index contributed by atoms with van der Waals surface area (Å²) in [4.78, 5) is 18.4. The molecule has 0 aliphatic carbocycles. The lowest BCUT2D eigenvalue weighted by molar-refractivity contribution is -0.131. The van der Waals surface area contributed by atoms with E-state index in [1.54, 1.807) is 19.1 Å². The molecule has 0 spiro atoms. The Hall–Kier alpha value is -2.28. The summed E-state index contributed by atoms with van der Waals surface area (Å²) in [6.07, 6.45) is 2.64. The summed E-state index contributed by atoms with van der Waals surface area (Å²) in [5.74, 6) is 0.458. The maximum absolute atomic E-state index is 13.6. The summed E-state index contributed by atoms with van der Waals surface area (Å²) in [6.45, 7) is 2.95. The van der Waals surface area contributed by atoms with Gasteiger partial charge in [-0.15, -0.1) is 0 Å². The second kappa shape index (κ2) is 7.09. The largest absolute Gasteiger partial charge is 0.339 e. The molecule has 1 fully saturated rings. The Morgan fingerprint density at radius 3 is 3.08 bits per heavy atom. The van der Waals surface area contributed by atoms with Crippen molar-refractivity contribution >= 4 is 5.91 Å². The van der Waals surface area contributed by atoms with E-state index in [1.165, 1.54) is 6.07 Å². The van der Waals surface area contributed by atoms with E-state index in [9.17, 15) is 9.18 Å². The number of rotatable bonds is 5. The first-order chi connectivity index (χ1) is 11.6. The second-order valence-corrected chi connectivity index (χ2v) is 6.09. The first kappa shape index (κ1) is 16.6. The lowest BCUT2D eigenvalue weighted by Gasteiger charge is -2.23. The molecule has 3 rings (SSSR count). The minimum absolute atomic E-state index is 0.0593. The molecule has 1 aromatic carbocycles. The van der Waals surface area contributed by atoms with Gasteiger partial charge in [0.2, 0.25) is 17.6 Å². The van der Waals surface area contributed by atoms with Crippen molar-refractivity contribution in [2.45, 2.75) is 38.6 Å². The molecule has 2 aromatic rings. The predicted molar refractivity (Wildman–Crippen MR) is 86.5 cm³/mol. The van der Waals surface area contributed by atoms with Gasteiger partial charge in [-0.1, -0.05) is 17.3 Å². The van der Waals surface area contributed by atoms with Crippen molar-refractivity contribution in [1.82, 2.24) is 15.0 Å². The fraction of sp³-hybridized carbons (Fsp3) is 0.471. The fourth-order valence-electron chi connectivity index (χ4n) is 2.97. The zero-order valence-electron chi connectivity index (χ0n) is 13.7. The van der Waals surface area contributed by atoms with Crippen molar-refractivity contribution in [2.24, 2.45) is 5.73 Å². The maximum atomic E-state index is 13.6. The molecule has 7 heteroatoms. The molecule has 1 atom stereocenters. The van der Waals surface area contributed by atoms with Crippen LogP contribution in [0.25, 0.3) is 11.4 Å². The number of halogens is 1. The molecular weight excluding hydrogens is 311 g/mol. The monoisotopic (exact) mass is 332 g/mol. The molecule has 1 aliphatic rings. The molecule has 1 unspecified atom stereocenters. The first-order valence-electron chi connectivity index (χ1n) is 8.17. The van der Waals surface area contributed by atoms with Crippen LogP contribution in [0, 0.1) is 12.7 Å². The zero-order chi connectivity index (χ0) is 17.1. The number of carbonyl (C=O) groups is 1. The van der Waals surface area contributed by atoms with E-state index in [-0.39, 0.29) is 17.8 Å². The molecule has 1 aromatic heterocycles. The number of aryl methyl sites for hydroxylation is 2. The standard InChI is InChI=1S/C17H21FN4O2/c1-11-4-5-12(9-14(11)18)17-20-15(24-21-17)6-7-16(23)22-8-2-3-13(22)10-19/h4-5,9,13H,2-3,6-8,10,19H2,1H3. The number of nitrogens with two attached hydrogens (primary N) is 1. The van der Waals surface area contributed by atoms with E-state index in [4.69, 9.17) is 10.3 Å². The van der Waals surface area contributed by atoms with Crippen LogP contribution in [0.15, 0.2) is 22.7 Å². The molecule has 128 valence electrons. The van der Waals surface area contributed by atoms with Crippen molar-refractivity contribution < 1.29 is 13.7 Å². The number of hydrogen-bond acceptors (Lipinski definition) is 5. The Kier molecular flexibility index (Phi) is 4.89. The van der Waals surface area contributed by atoms with Crippen LogP contribution in [0.5, 0.6) is 0 Å². The quantitative estimate of drug-likeness (QED) is 0.906. The molecule has 2 N–H and O–H groups in total. The third kappa shape index (κ3) is 3.46. The van der Waals surface area contributed by atoms with Crippen molar-refractivity contribution in [3.05, 3.63) is 35.5 Å². The van der Waals surface area contributed by atoms with Gasteiger partial charge in [0, 0.05) is 37.5 Å². The molecule has 0 saturated carbocycles. The maximum Gasteiger partial charge on any atom is 0.227 e. The summed E-state index contributed by atoms with van der Waals surface area (Å²) in [5.41, 5.74) is 6.82. The lowest BCUT2D eigenvalue weighted by Crippen LogP contribution is -2.40. The van der Waals surface area contributed by atoms with Crippen molar-refractivity contribution in [1.29, 1.82) is 0 Å². The van der Waals surface area contributed by atoms with E-state index in [0.717, 1.165) is 19.4 Å². The Morgan fingerprint density at radius 2 is 2.33 bits per heavy atom. The molecule has 0 bridgehead atoms. The van der Waals surface area contributed by atoms with Crippen LogP contribution in [-0.2, 0) is 11.2 Å². The van der Waals surface area contributed by atoms with Crippen LogP contribution in [0.2, 0.25) is 0 Å². The molecule has 24 heavy (non-hydrogen) atoms. The van der Waals surface area contributed by atoms with Crippen molar-refractivity contribution in [3.8, 4) is 11.4 Å². The average Bonchev–Trinajstić information content (AvgIpc) is 3.24. The van der Waals surface area contributed by atoms with Gasteiger partial charge in [-0.25, -0.2) is 4.39 Å². The van der Waals surface area contributed by atoms with Gasteiger partial charge >= 0.3 is 0 Å². The number of amides is 1. The number of benzene rings is 1. The van der Waals surface area contributed by atoms with E-state index >= 15 is 0 Å². The van der Waals surface area contributed by atoms with Crippen LogP contribution in [0.3, 0.4) is 0 Å². The highest BCUT2D eigenvalue weighted by molar-refractivity contribution is 5.77. The van der Waals surface area contributed by atoms with Gasteiger partial charge in [0.05, 0.1) is 0 Å². The molecule has 6 nitrogen and oxygen atoms in total. The first-order valence-corrected chi connectivity index (χ1v) is 8.17. The normalized spacial score (nSPS) is 17.5. The molecule has 1 saturated heterocycles. The number of hydrogen-bond donors (Lipinski definition) is 1. The number of likely N-dealkylation sites (tertiary alicyclic amines) is 1. The number of carbonyl (C=O) groups excluding carboxylic acids is 1. The number of aromatic nitrogens is 2. The van der Waals surface area contributed by atoms with Crippen LogP contribution in [-0.4, -0.2) is 40.1 Å². The van der Waals surface area contributed by atoms with Gasteiger partial charge in [0.1, 0.15) is 5.82 Å². The third-order valence-electron chi connectivity index (χ3n) is 4.42. The van der Waals surface area contributed by atoms with Crippen LogP contribution in [0.4, 0.5) is 4.39 Å². The van der Waals surface area contributed by atoms with Gasteiger partial charge in [0.15, 0.2) is 0 Å². The molecule has 1 aliphatic heterocycles. The van der Waals surface area contributed by atoms with Crippen LogP contribution >= 0.6 is 0 Å². The summed E-state index contributed by atoms with van der Waals surface area (Å²) < 4.78 is 18.8. The van der Waals surface area contributed by atoms with Gasteiger partial charge in [-0.05, 0) is 31.4 Å². The van der Waals surface area contributed by atoms with Gasteiger partial charge in [-0.3, -0.25) is 4.79 Å². The highest BCUT2D eigenvalue weighted by Crippen LogP contribution is 2.20. The van der Waals surface area contributed by atoms with Crippen molar-refractivity contribution in [2.75, 3.05) is 13.1 Å².